The largest absolute Gasteiger partial charge is 0.390 e. The van der Waals surface area contributed by atoms with Gasteiger partial charge < -0.3 is 10.1 Å². The molecule has 2 aromatic heterocycles. The summed E-state index contributed by atoms with van der Waals surface area (Å²) < 4.78 is 2.48. The Labute approximate surface area is 157 Å². The van der Waals surface area contributed by atoms with Gasteiger partial charge in [0, 0.05) is 6.42 Å². The maximum Gasteiger partial charge on any atom is 0.390 e. The van der Waals surface area contributed by atoms with Crippen LogP contribution in [-0.4, -0.2) is 41.2 Å². The number of nitrogens with zero attached hydrogens (tertiary/aromatic N) is 6. The molecule has 0 aliphatic rings. The summed E-state index contributed by atoms with van der Waals surface area (Å²) in [6.07, 6.45) is -0.0780. The summed E-state index contributed by atoms with van der Waals surface area (Å²) in [7, 11) is 0. The molecular formula is C14H18N8O6. The van der Waals surface area contributed by atoms with Crippen LogP contribution in [0.1, 0.15) is 23.5 Å². The summed E-state index contributed by atoms with van der Waals surface area (Å²) in [6, 6.07) is 1.28. The molecule has 150 valence electrons. The maximum absolute atomic E-state index is 11.9. The van der Waals surface area contributed by atoms with Crippen molar-refractivity contribution in [3.8, 4) is 0 Å². The summed E-state index contributed by atoms with van der Waals surface area (Å²) in [4.78, 5) is 44.2. The first-order valence-corrected chi connectivity index (χ1v) is 8.05. The predicted octanol–water partition coefficient (Wildman–Crippen LogP) is 0.0590. The quantitative estimate of drug-likeness (QED) is 0.488. The van der Waals surface area contributed by atoms with E-state index in [2.05, 4.69) is 21.0 Å². The minimum Gasteiger partial charge on any atom is -0.358 e. The number of hydrazine groups is 1. The van der Waals surface area contributed by atoms with E-state index in [0.717, 1.165) is 0 Å². The Morgan fingerprint density at radius 2 is 1.68 bits per heavy atom. The zero-order valence-corrected chi connectivity index (χ0v) is 15.3. The van der Waals surface area contributed by atoms with Crippen molar-refractivity contribution < 1.29 is 19.4 Å². The van der Waals surface area contributed by atoms with Crippen molar-refractivity contribution in [1.29, 1.82) is 0 Å². The van der Waals surface area contributed by atoms with E-state index < -0.39 is 21.7 Å². The fourth-order valence-corrected chi connectivity index (χ4v) is 2.50. The number of carbonyl (C=O) groups excluding carboxylic acids is 2. The molecule has 0 radical (unpaired) electrons. The summed E-state index contributed by atoms with van der Waals surface area (Å²) >= 11 is 0. The van der Waals surface area contributed by atoms with Crippen LogP contribution in [-0.2, 0) is 22.7 Å². The van der Waals surface area contributed by atoms with Gasteiger partial charge in [0.25, 0.3) is 5.91 Å². The lowest BCUT2D eigenvalue weighted by Gasteiger charge is -2.08. The molecule has 0 aliphatic heterocycles. The van der Waals surface area contributed by atoms with Gasteiger partial charge in [-0.25, -0.2) is 0 Å². The Balaban J connectivity index is 1.84. The lowest BCUT2D eigenvalue weighted by Crippen LogP contribution is -2.43. The number of aromatic nitrogens is 4. The lowest BCUT2D eigenvalue weighted by molar-refractivity contribution is -0.389. The van der Waals surface area contributed by atoms with Gasteiger partial charge in [-0.15, -0.1) is 0 Å². The zero-order valence-electron chi connectivity index (χ0n) is 15.3. The van der Waals surface area contributed by atoms with Gasteiger partial charge in [0.05, 0.1) is 28.3 Å². The van der Waals surface area contributed by atoms with Gasteiger partial charge in [0.15, 0.2) is 0 Å². The van der Waals surface area contributed by atoms with E-state index in [1.807, 2.05) is 0 Å². The molecule has 0 fully saturated rings. The molecule has 14 heteroatoms. The van der Waals surface area contributed by atoms with Crippen LogP contribution in [0.25, 0.3) is 0 Å². The standard InChI is InChI=1S/C14H18N8O6/c1-8-6-11(21(25)26)18-19(8)5-4-12(23)15-16-13(24)7-20-10(3)14(22(27)28)9(2)17-20/h6H,4-5,7H2,1-3H3,(H,15,23)(H,16,24). The first-order valence-electron chi connectivity index (χ1n) is 8.05. The van der Waals surface area contributed by atoms with E-state index in [1.165, 1.54) is 29.3 Å². The summed E-state index contributed by atoms with van der Waals surface area (Å²) in [5.41, 5.74) is 5.14. The average Bonchev–Trinajstić information content (AvgIpc) is 3.11. The van der Waals surface area contributed by atoms with Crippen LogP contribution in [0.15, 0.2) is 6.07 Å². The molecular weight excluding hydrogens is 376 g/mol. The van der Waals surface area contributed by atoms with Crippen LogP contribution in [0.3, 0.4) is 0 Å². The number of amides is 2. The van der Waals surface area contributed by atoms with Crippen molar-refractivity contribution >= 4 is 23.3 Å². The van der Waals surface area contributed by atoms with Crippen LogP contribution >= 0.6 is 0 Å². The summed E-state index contributed by atoms with van der Waals surface area (Å²) in [6.45, 7) is 4.32. The second kappa shape index (κ2) is 8.24. The first-order chi connectivity index (χ1) is 13.1. The van der Waals surface area contributed by atoms with E-state index in [-0.39, 0.29) is 42.4 Å². The molecule has 0 unspecified atom stereocenters. The molecule has 2 amide bonds. The van der Waals surface area contributed by atoms with Gasteiger partial charge in [-0.05, 0) is 25.7 Å². The zero-order chi connectivity index (χ0) is 21.0. The minimum atomic E-state index is -0.632. The molecule has 2 heterocycles. The normalized spacial score (nSPS) is 10.5. The number of nitrogens with one attached hydrogen (secondary N) is 2. The second-order valence-electron chi connectivity index (χ2n) is 5.90. The minimum absolute atomic E-state index is 0.0780. The van der Waals surface area contributed by atoms with Crippen LogP contribution in [0, 0.1) is 41.0 Å². The molecule has 28 heavy (non-hydrogen) atoms. The number of rotatable bonds is 7. The highest BCUT2D eigenvalue weighted by molar-refractivity contribution is 5.81. The third kappa shape index (κ3) is 4.66. The second-order valence-corrected chi connectivity index (χ2v) is 5.90. The number of carbonyl (C=O) groups is 2. The Morgan fingerprint density at radius 3 is 2.21 bits per heavy atom. The van der Waals surface area contributed by atoms with Gasteiger partial charge in [-0.3, -0.25) is 35.2 Å². The van der Waals surface area contributed by atoms with E-state index in [4.69, 9.17) is 0 Å². The SMILES string of the molecule is Cc1nn(CC(=O)NNC(=O)CCn2nc([N+](=O)[O-])cc2C)c(C)c1[N+](=O)[O-]. The number of nitro groups is 2. The van der Waals surface area contributed by atoms with Crippen molar-refractivity contribution in [2.24, 2.45) is 0 Å². The number of aryl methyl sites for hydroxylation is 3. The molecule has 0 bridgehead atoms. The van der Waals surface area contributed by atoms with Gasteiger partial charge in [0.1, 0.15) is 17.9 Å². The van der Waals surface area contributed by atoms with E-state index in [0.29, 0.717) is 5.69 Å². The Bertz CT molecular complexity index is 946. The van der Waals surface area contributed by atoms with Crippen molar-refractivity contribution in [2.75, 3.05) is 0 Å². The van der Waals surface area contributed by atoms with E-state index >= 15 is 0 Å². The number of hydrogen-bond acceptors (Lipinski definition) is 8. The highest BCUT2D eigenvalue weighted by atomic mass is 16.6. The highest BCUT2D eigenvalue weighted by Crippen LogP contribution is 2.21. The monoisotopic (exact) mass is 394 g/mol. The molecule has 0 aliphatic carbocycles. The van der Waals surface area contributed by atoms with Crippen LogP contribution in [0.2, 0.25) is 0 Å². The molecule has 0 aromatic carbocycles. The molecule has 0 saturated heterocycles. The van der Waals surface area contributed by atoms with Gasteiger partial charge in [0.2, 0.25) is 5.91 Å². The van der Waals surface area contributed by atoms with Crippen molar-refractivity contribution in [3.63, 3.8) is 0 Å². The summed E-state index contributed by atoms with van der Waals surface area (Å²) in [5.74, 6) is -1.48. The van der Waals surface area contributed by atoms with Gasteiger partial charge in [-0.2, -0.15) is 9.78 Å². The van der Waals surface area contributed by atoms with Crippen molar-refractivity contribution in [2.45, 2.75) is 40.3 Å². The predicted molar refractivity (Wildman–Crippen MR) is 92.9 cm³/mol. The topological polar surface area (TPSA) is 180 Å². The molecule has 0 spiro atoms. The van der Waals surface area contributed by atoms with E-state index in [1.54, 1.807) is 6.92 Å². The fraction of sp³-hybridized carbons (Fsp3) is 0.429. The van der Waals surface area contributed by atoms with Crippen LogP contribution in [0.5, 0.6) is 0 Å². The fourth-order valence-electron chi connectivity index (χ4n) is 2.50. The maximum atomic E-state index is 11.9. The van der Waals surface area contributed by atoms with Crippen LogP contribution < -0.4 is 10.9 Å². The third-order valence-electron chi connectivity index (χ3n) is 3.87. The smallest absolute Gasteiger partial charge is 0.358 e. The molecule has 0 atom stereocenters. The Hall–Kier alpha value is -3.84. The molecule has 0 saturated carbocycles. The van der Waals surface area contributed by atoms with E-state index in [9.17, 15) is 29.8 Å². The average molecular weight is 394 g/mol. The summed E-state index contributed by atoms with van der Waals surface area (Å²) in [5, 5.41) is 29.3. The molecule has 2 N–H and O–H groups in total. The van der Waals surface area contributed by atoms with Gasteiger partial charge >= 0.3 is 11.5 Å². The van der Waals surface area contributed by atoms with Crippen LogP contribution in [0.4, 0.5) is 11.5 Å². The Kier molecular flexibility index (Phi) is 6.02. The molecule has 2 aromatic rings. The van der Waals surface area contributed by atoms with Crippen molar-refractivity contribution in [3.05, 3.63) is 43.4 Å². The number of hydrogen-bond donors (Lipinski definition) is 2. The van der Waals surface area contributed by atoms with Gasteiger partial charge in [-0.1, -0.05) is 0 Å². The highest BCUT2D eigenvalue weighted by Gasteiger charge is 2.23. The molecule has 14 nitrogen and oxygen atoms in total. The third-order valence-corrected chi connectivity index (χ3v) is 3.87. The molecule has 2 rings (SSSR count). The van der Waals surface area contributed by atoms with Crippen molar-refractivity contribution in [1.82, 2.24) is 30.4 Å². The Morgan fingerprint density at radius 1 is 1.04 bits per heavy atom. The lowest BCUT2D eigenvalue weighted by atomic mass is 10.3. The first kappa shape index (κ1) is 20.5.